The molecule has 0 spiro atoms. The summed E-state index contributed by atoms with van der Waals surface area (Å²) in [6.45, 7) is 5.87. The van der Waals surface area contributed by atoms with Gasteiger partial charge in [0.15, 0.2) is 5.78 Å². The first-order valence-electron chi connectivity index (χ1n) is 7.32. The topological polar surface area (TPSA) is 46.2 Å². The Morgan fingerprint density at radius 2 is 2.00 bits per heavy atom. The number of rotatable bonds is 3. The van der Waals surface area contributed by atoms with Crippen molar-refractivity contribution in [3.63, 3.8) is 0 Å². The lowest BCUT2D eigenvalue weighted by molar-refractivity contribution is -0.124. The van der Waals surface area contributed by atoms with Crippen LogP contribution in [-0.4, -0.2) is 11.7 Å². The maximum Gasteiger partial charge on any atom is 0.228 e. The quantitative estimate of drug-likeness (QED) is 0.845. The standard InChI is InChI=1S/C17H23NO2/c1-12(19)13-7-6-8-14(11-13)18-16(20)15-9-4-5-10-17(15,2)3/h6-8,11,15H,4-5,9-10H2,1-3H3,(H,18,20). The molecule has 20 heavy (non-hydrogen) atoms. The number of ketones is 1. The molecule has 0 aliphatic heterocycles. The Morgan fingerprint density at radius 3 is 2.65 bits per heavy atom. The molecule has 1 atom stereocenters. The van der Waals surface area contributed by atoms with Crippen molar-refractivity contribution in [3.05, 3.63) is 29.8 Å². The molecule has 3 heteroatoms. The second-order valence-corrected chi connectivity index (χ2v) is 6.41. The summed E-state index contributed by atoms with van der Waals surface area (Å²) in [5.74, 6) is 0.145. The summed E-state index contributed by atoms with van der Waals surface area (Å²) in [5, 5.41) is 2.97. The van der Waals surface area contributed by atoms with Crippen LogP contribution in [0.3, 0.4) is 0 Å². The number of hydrogen-bond acceptors (Lipinski definition) is 2. The number of Topliss-reactive ketones (excluding diaryl/α,β-unsaturated/α-hetero) is 1. The monoisotopic (exact) mass is 273 g/mol. The molecule has 1 aromatic carbocycles. The molecule has 1 aliphatic rings. The Hall–Kier alpha value is -1.64. The molecular formula is C17H23NO2. The Kier molecular flexibility index (Phi) is 4.26. The Morgan fingerprint density at radius 1 is 1.25 bits per heavy atom. The van der Waals surface area contributed by atoms with Gasteiger partial charge < -0.3 is 5.32 Å². The highest BCUT2D eigenvalue weighted by Gasteiger charge is 2.37. The third kappa shape index (κ3) is 3.27. The van der Waals surface area contributed by atoms with Gasteiger partial charge in [0.25, 0.3) is 0 Å². The molecule has 1 fully saturated rings. The Balaban J connectivity index is 2.11. The van der Waals surface area contributed by atoms with Crippen LogP contribution in [0, 0.1) is 11.3 Å². The molecule has 0 aromatic heterocycles. The number of nitrogens with one attached hydrogen (secondary N) is 1. The molecule has 1 aromatic rings. The average molecular weight is 273 g/mol. The van der Waals surface area contributed by atoms with Gasteiger partial charge in [-0.05, 0) is 37.3 Å². The van der Waals surface area contributed by atoms with E-state index in [2.05, 4.69) is 19.2 Å². The highest BCUT2D eigenvalue weighted by molar-refractivity contribution is 5.97. The van der Waals surface area contributed by atoms with Gasteiger partial charge >= 0.3 is 0 Å². The third-order valence-corrected chi connectivity index (χ3v) is 4.36. The van der Waals surface area contributed by atoms with Gasteiger partial charge in [-0.15, -0.1) is 0 Å². The minimum Gasteiger partial charge on any atom is -0.326 e. The summed E-state index contributed by atoms with van der Waals surface area (Å²) in [6.07, 6.45) is 4.37. The highest BCUT2D eigenvalue weighted by atomic mass is 16.2. The van der Waals surface area contributed by atoms with Crippen molar-refractivity contribution < 1.29 is 9.59 Å². The molecule has 3 nitrogen and oxygen atoms in total. The van der Waals surface area contributed by atoms with Crippen LogP contribution >= 0.6 is 0 Å². The van der Waals surface area contributed by atoms with Gasteiger partial charge in [-0.1, -0.05) is 38.8 Å². The van der Waals surface area contributed by atoms with Crippen molar-refractivity contribution in [2.24, 2.45) is 11.3 Å². The maximum atomic E-state index is 12.5. The number of benzene rings is 1. The van der Waals surface area contributed by atoms with Crippen LogP contribution in [-0.2, 0) is 4.79 Å². The molecule has 108 valence electrons. The average Bonchev–Trinajstić information content (AvgIpc) is 2.38. The van der Waals surface area contributed by atoms with Gasteiger partial charge in [0.1, 0.15) is 0 Å². The van der Waals surface area contributed by atoms with Crippen molar-refractivity contribution in [1.29, 1.82) is 0 Å². The van der Waals surface area contributed by atoms with Crippen molar-refractivity contribution >= 4 is 17.4 Å². The summed E-state index contributed by atoms with van der Waals surface area (Å²) in [5.41, 5.74) is 1.40. The number of anilines is 1. The molecular weight excluding hydrogens is 250 g/mol. The zero-order chi connectivity index (χ0) is 14.8. The van der Waals surface area contributed by atoms with E-state index in [1.807, 2.05) is 6.07 Å². The maximum absolute atomic E-state index is 12.5. The fourth-order valence-corrected chi connectivity index (χ4v) is 3.03. The van der Waals surface area contributed by atoms with Crippen LogP contribution in [0.1, 0.15) is 56.8 Å². The van der Waals surface area contributed by atoms with Crippen molar-refractivity contribution in [1.82, 2.24) is 0 Å². The molecule has 1 amide bonds. The van der Waals surface area contributed by atoms with E-state index < -0.39 is 0 Å². The minimum absolute atomic E-state index is 0.0131. The van der Waals surface area contributed by atoms with Gasteiger partial charge in [0.05, 0.1) is 0 Å². The predicted octanol–water partition coefficient (Wildman–Crippen LogP) is 4.04. The van der Waals surface area contributed by atoms with Crippen LogP contribution in [0.5, 0.6) is 0 Å². The molecule has 1 N–H and O–H groups in total. The molecule has 2 rings (SSSR count). The second-order valence-electron chi connectivity index (χ2n) is 6.41. The van der Waals surface area contributed by atoms with Crippen molar-refractivity contribution in [3.8, 4) is 0 Å². The predicted molar refractivity (Wildman–Crippen MR) is 80.8 cm³/mol. The first-order valence-corrected chi connectivity index (χ1v) is 7.32. The van der Waals surface area contributed by atoms with E-state index in [1.165, 1.54) is 13.3 Å². The summed E-state index contributed by atoms with van der Waals surface area (Å²) in [7, 11) is 0. The van der Waals surface area contributed by atoms with E-state index in [9.17, 15) is 9.59 Å². The number of carbonyl (C=O) groups is 2. The van der Waals surface area contributed by atoms with E-state index in [4.69, 9.17) is 0 Å². The zero-order valence-corrected chi connectivity index (χ0v) is 12.5. The summed E-state index contributed by atoms with van der Waals surface area (Å²) >= 11 is 0. The lowest BCUT2D eigenvalue weighted by atomic mass is 9.68. The third-order valence-electron chi connectivity index (χ3n) is 4.36. The number of carbonyl (C=O) groups excluding carboxylic acids is 2. The van der Waals surface area contributed by atoms with Crippen LogP contribution in [0.4, 0.5) is 5.69 Å². The zero-order valence-electron chi connectivity index (χ0n) is 12.5. The van der Waals surface area contributed by atoms with E-state index in [0.29, 0.717) is 11.3 Å². The van der Waals surface area contributed by atoms with Crippen molar-refractivity contribution in [2.45, 2.75) is 46.5 Å². The van der Waals surface area contributed by atoms with Crippen molar-refractivity contribution in [2.75, 3.05) is 5.32 Å². The van der Waals surface area contributed by atoms with E-state index >= 15 is 0 Å². The molecule has 1 saturated carbocycles. The molecule has 1 aliphatic carbocycles. The lowest BCUT2D eigenvalue weighted by Gasteiger charge is -2.37. The van der Waals surface area contributed by atoms with Gasteiger partial charge in [-0.2, -0.15) is 0 Å². The minimum atomic E-state index is 0.0131. The van der Waals surface area contributed by atoms with Gasteiger partial charge in [0.2, 0.25) is 5.91 Å². The normalized spacial score (nSPS) is 21.2. The van der Waals surface area contributed by atoms with Gasteiger partial charge in [0, 0.05) is 17.2 Å². The summed E-state index contributed by atoms with van der Waals surface area (Å²) < 4.78 is 0. The Labute approximate surface area is 120 Å². The smallest absolute Gasteiger partial charge is 0.228 e. The largest absolute Gasteiger partial charge is 0.326 e. The van der Waals surface area contributed by atoms with E-state index in [0.717, 1.165) is 19.3 Å². The number of hydrogen-bond donors (Lipinski definition) is 1. The first-order chi connectivity index (χ1) is 9.40. The van der Waals surface area contributed by atoms with E-state index in [1.54, 1.807) is 18.2 Å². The Bertz CT molecular complexity index is 519. The molecule has 0 heterocycles. The van der Waals surface area contributed by atoms with Crippen LogP contribution in [0.2, 0.25) is 0 Å². The molecule has 1 unspecified atom stereocenters. The first kappa shape index (κ1) is 14.8. The lowest BCUT2D eigenvalue weighted by Crippen LogP contribution is -2.37. The molecule has 0 saturated heterocycles. The van der Waals surface area contributed by atoms with Gasteiger partial charge in [-0.25, -0.2) is 0 Å². The fraction of sp³-hybridized carbons (Fsp3) is 0.529. The summed E-state index contributed by atoms with van der Waals surface area (Å²) in [4.78, 5) is 23.8. The number of amides is 1. The molecule has 0 bridgehead atoms. The summed E-state index contributed by atoms with van der Waals surface area (Å²) in [6, 6.07) is 7.15. The van der Waals surface area contributed by atoms with Crippen LogP contribution in [0.15, 0.2) is 24.3 Å². The fourth-order valence-electron chi connectivity index (χ4n) is 3.03. The SMILES string of the molecule is CC(=O)c1cccc(NC(=O)C2CCCCC2(C)C)c1. The van der Waals surface area contributed by atoms with Gasteiger partial charge in [-0.3, -0.25) is 9.59 Å². The molecule has 0 radical (unpaired) electrons. The van der Waals surface area contributed by atoms with E-state index in [-0.39, 0.29) is 23.0 Å². The van der Waals surface area contributed by atoms with Crippen LogP contribution < -0.4 is 5.32 Å². The second kappa shape index (κ2) is 5.78. The highest BCUT2D eigenvalue weighted by Crippen LogP contribution is 2.41. The van der Waals surface area contributed by atoms with Crippen LogP contribution in [0.25, 0.3) is 0 Å².